The van der Waals surface area contributed by atoms with E-state index in [1.54, 1.807) is 25.8 Å². The van der Waals surface area contributed by atoms with Crippen molar-refractivity contribution in [1.82, 2.24) is 34.2 Å². The van der Waals surface area contributed by atoms with Gasteiger partial charge in [0.05, 0.1) is 23.1 Å². The molecule has 0 aromatic carbocycles. The van der Waals surface area contributed by atoms with Gasteiger partial charge in [0.1, 0.15) is 24.0 Å². The Morgan fingerprint density at radius 2 is 2.06 bits per heavy atom. The summed E-state index contributed by atoms with van der Waals surface area (Å²) in [4.78, 5) is 35.9. The van der Waals surface area contributed by atoms with Crippen molar-refractivity contribution in [1.29, 1.82) is 0 Å². The highest BCUT2D eigenvalue weighted by Gasteiger charge is 2.23. The molecule has 0 bridgehead atoms. The van der Waals surface area contributed by atoms with Gasteiger partial charge < -0.3 is 20.1 Å². The summed E-state index contributed by atoms with van der Waals surface area (Å²) in [7, 11) is 0. The summed E-state index contributed by atoms with van der Waals surface area (Å²) in [6, 6.07) is 2.01. The summed E-state index contributed by atoms with van der Waals surface area (Å²) in [5.74, 6) is 1.90. The third kappa shape index (κ3) is 3.63. The van der Waals surface area contributed by atoms with Crippen molar-refractivity contribution in [2.45, 2.75) is 13.3 Å². The number of hydrogen-bond acceptors (Lipinski definition) is 7. The topological polar surface area (TPSA) is 107 Å². The van der Waals surface area contributed by atoms with Crippen LogP contribution in [-0.4, -0.2) is 72.9 Å². The first-order chi connectivity index (χ1) is 15.1. The first kappa shape index (κ1) is 19.6. The number of amides is 1. The van der Waals surface area contributed by atoms with Crippen LogP contribution in [0.25, 0.3) is 16.7 Å². The largest absolute Gasteiger partial charge is 0.368 e. The Kier molecular flexibility index (Phi) is 5.06. The molecule has 5 rings (SSSR count). The van der Waals surface area contributed by atoms with E-state index in [2.05, 4.69) is 35.1 Å². The summed E-state index contributed by atoms with van der Waals surface area (Å²) in [6.07, 6.45) is 7.41. The Morgan fingerprint density at radius 1 is 1.23 bits per heavy atom. The van der Waals surface area contributed by atoms with E-state index in [1.165, 1.54) is 6.33 Å². The van der Waals surface area contributed by atoms with Crippen molar-refractivity contribution in [3.8, 4) is 0 Å². The monoisotopic (exact) mass is 439 g/mol. The minimum atomic E-state index is 0.114. The van der Waals surface area contributed by atoms with E-state index in [0.29, 0.717) is 36.1 Å². The molecule has 160 valence electrons. The standard InChI is InChI=1S/C20H22ClN9O/c1-13(31)28-4-6-29(7-5-28)20-14(8-15(21)16-9-22-12-30(16)20)2-3-23-18-17-19(25-10-24-17)27-11-26-18/h8-12H,2-7H2,1H3,(H2,23,24,25,26,27). The zero-order valence-electron chi connectivity index (χ0n) is 17.0. The Morgan fingerprint density at radius 3 is 2.87 bits per heavy atom. The fourth-order valence-electron chi connectivity index (χ4n) is 4.07. The third-order valence-electron chi connectivity index (χ3n) is 5.63. The van der Waals surface area contributed by atoms with Gasteiger partial charge in [0.2, 0.25) is 5.91 Å². The number of H-pyrrole nitrogens is 1. The minimum absolute atomic E-state index is 0.114. The van der Waals surface area contributed by atoms with Crippen LogP contribution in [0.5, 0.6) is 0 Å². The molecule has 4 aromatic heterocycles. The lowest BCUT2D eigenvalue weighted by Gasteiger charge is -2.37. The number of halogens is 1. The molecule has 0 radical (unpaired) electrons. The molecule has 5 heterocycles. The van der Waals surface area contributed by atoms with Gasteiger partial charge in [-0.3, -0.25) is 9.20 Å². The number of nitrogens with one attached hydrogen (secondary N) is 2. The second-order valence-corrected chi connectivity index (χ2v) is 7.89. The van der Waals surface area contributed by atoms with Crippen LogP contribution in [0.15, 0.2) is 31.2 Å². The van der Waals surface area contributed by atoms with E-state index in [9.17, 15) is 4.79 Å². The summed E-state index contributed by atoms with van der Waals surface area (Å²) in [5, 5.41) is 4.04. The molecule has 31 heavy (non-hydrogen) atoms. The molecular formula is C20H22ClN9O. The molecule has 10 nitrogen and oxygen atoms in total. The van der Waals surface area contributed by atoms with Crippen LogP contribution in [0.3, 0.4) is 0 Å². The predicted octanol–water partition coefficient (Wildman–Crippen LogP) is 1.98. The van der Waals surface area contributed by atoms with E-state index in [1.807, 2.05) is 15.4 Å². The molecule has 0 unspecified atom stereocenters. The Labute approximate surface area is 183 Å². The zero-order chi connectivity index (χ0) is 21.4. The molecule has 0 atom stereocenters. The van der Waals surface area contributed by atoms with Crippen molar-refractivity contribution in [3.05, 3.63) is 41.8 Å². The number of imidazole rings is 2. The molecule has 1 saturated heterocycles. The van der Waals surface area contributed by atoms with Crippen molar-refractivity contribution < 1.29 is 4.79 Å². The van der Waals surface area contributed by atoms with Crippen LogP contribution in [0.4, 0.5) is 11.6 Å². The highest BCUT2D eigenvalue weighted by Crippen LogP contribution is 2.30. The number of carbonyl (C=O) groups is 1. The van der Waals surface area contributed by atoms with Crippen LogP contribution >= 0.6 is 11.6 Å². The molecule has 1 amide bonds. The lowest BCUT2D eigenvalue weighted by Crippen LogP contribution is -2.48. The number of nitrogens with zero attached hydrogens (tertiary/aromatic N) is 7. The fourth-order valence-corrected chi connectivity index (χ4v) is 4.35. The minimum Gasteiger partial charge on any atom is -0.368 e. The fraction of sp³-hybridized carbons (Fsp3) is 0.350. The molecular weight excluding hydrogens is 418 g/mol. The molecule has 0 saturated carbocycles. The normalized spacial score (nSPS) is 14.5. The van der Waals surface area contributed by atoms with Gasteiger partial charge in [0, 0.05) is 39.6 Å². The molecule has 1 aliphatic heterocycles. The number of carbonyl (C=O) groups excluding carboxylic acids is 1. The first-order valence-corrected chi connectivity index (χ1v) is 10.5. The van der Waals surface area contributed by atoms with Gasteiger partial charge in [-0.05, 0) is 18.1 Å². The maximum atomic E-state index is 11.7. The van der Waals surface area contributed by atoms with E-state index < -0.39 is 0 Å². The number of hydrogen-bond donors (Lipinski definition) is 2. The van der Waals surface area contributed by atoms with Gasteiger partial charge in [-0.25, -0.2) is 19.9 Å². The predicted molar refractivity (Wildman–Crippen MR) is 119 cm³/mol. The molecule has 0 spiro atoms. The van der Waals surface area contributed by atoms with Gasteiger partial charge in [-0.1, -0.05) is 11.6 Å². The van der Waals surface area contributed by atoms with Crippen LogP contribution in [0, 0.1) is 0 Å². The Balaban J connectivity index is 1.41. The summed E-state index contributed by atoms with van der Waals surface area (Å²) >= 11 is 6.55. The molecule has 11 heteroatoms. The molecule has 1 aliphatic rings. The SMILES string of the molecule is CC(=O)N1CCN(c2c(CCNc3ncnc4nc[nH]c34)cc(Cl)c3cncn23)CC1. The number of piperazine rings is 1. The van der Waals surface area contributed by atoms with Crippen LogP contribution in [0.1, 0.15) is 12.5 Å². The summed E-state index contributed by atoms with van der Waals surface area (Å²) < 4.78 is 2.04. The second kappa shape index (κ2) is 8.03. The van der Waals surface area contributed by atoms with Crippen LogP contribution in [-0.2, 0) is 11.2 Å². The average Bonchev–Trinajstić information content (AvgIpc) is 3.44. The van der Waals surface area contributed by atoms with Crippen molar-refractivity contribution in [2.24, 2.45) is 0 Å². The van der Waals surface area contributed by atoms with Crippen molar-refractivity contribution >= 4 is 45.8 Å². The molecule has 0 aliphatic carbocycles. The van der Waals surface area contributed by atoms with Gasteiger partial charge >= 0.3 is 0 Å². The van der Waals surface area contributed by atoms with Crippen LogP contribution < -0.4 is 10.2 Å². The second-order valence-electron chi connectivity index (χ2n) is 7.48. The maximum absolute atomic E-state index is 11.7. The lowest BCUT2D eigenvalue weighted by molar-refractivity contribution is -0.129. The summed E-state index contributed by atoms with van der Waals surface area (Å²) in [5.41, 5.74) is 3.39. The number of fused-ring (bicyclic) bond motifs is 2. The third-order valence-corrected chi connectivity index (χ3v) is 5.94. The lowest BCUT2D eigenvalue weighted by atomic mass is 10.1. The van der Waals surface area contributed by atoms with Gasteiger partial charge in [0.25, 0.3) is 0 Å². The maximum Gasteiger partial charge on any atom is 0.219 e. The molecule has 1 fully saturated rings. The van der Waals surface area contributed by atoms with Gasteiger partial charge in [-0.2, -0.15) is 0 Å². The van der Waals surface area contributed by atoms with E-state index in [4.69, 9.17) is 11.6 Å². The number of aromatic amines is 1. The molecule has 2 N–H and O–H groups in total. The number of aromatic nitrogens is 6. The highest BCUT2D eigenvalue weighted by molar-refractivity contribution is 6.34. The van der Waals surface area contributed by atoms with Crippen molar-refractivity contribution in [2.75, 3.05) is 42.9 Å². The average molecular weight is 440 g/mol. The quantitative estimate of drug-likeness (QED) is 0.489. The Bertz CT molecular complexity index is 1240. The van der Waals surface area contributed by atoms with E-state index in [-0.39, 0.29) is 5.91 Å². The summed E-state index contributed by atoms with van der Waals surface area (Å²) in [6.45, 7) is 5.19. The zero-order valence-corrected chi connectivity index (χ0v) is 17.8. The number of rotatable bonds is 5. The highest BCUT2D eigenvalue weighted by atomic mass is 35.5. The Hall–Kier alpha value is -3.40. The van der Waals surface area contributed by atoms with E-state index >= 15 is 0 Å². The first-order valence-electron chi connectivity index (χ1n) is 10.1. The number of pyridine rings is 1. The van der Waals surface area contributed by atoms with Crippen LogP contribution in [0.2, 0.25) is 5.02 Å². The van der Waals surface area contributed by atoms with Gasteiger partial charge in [-0.15, -0.1) is 0 Å². The van der Waals surface area contributed by atoms with Gasteiger partial charge in [0.15, 0.2) is 11.5 Å². The molecule has 4 aromatic rings. The van der Waals surface area contributed by atoms with Crippen molar-refractivity contribution in [3.63, 3.8) is 0 Å². The smallest absolute Gasteiger partial charge is 0.219 e. The van der Waals surface area contributed by atoms with E-state index in [0.717, 1.165) is 41.9 Å². The number of anilines is 2.